The minimum atomic E-state index is -2.87. The van der Waals surface area contributed by atoms with Gasteiger partial charge in [-0.3, -0.25) is 4.79 Å². The number of benzene rings is 1. The number of aliphatic carboxylic acids is 1. The predicted octanol–water partition coefficient (Wildman–Crippen LogP) is 3.50. The van der Waals surface area contributed by atoms with Crippen LogP contribution in [0.5, 0.6) is 5.75 Å². The highest BCUT2D eigenvalue weighted by atomic mass is 19.3. The summed E-state index contributed by atoms with van der Waals surface area (Å²) in [5.41, 5.74) is 0.596. The zero-order valence-corrected chi connectivity index (χ0v) is 10.3. The third-order valence-electron chi connectivity index (χ3n) is 2.94. The number of carboxylic acids is 1. The van der Waals surface area contributed by atoms with E-state index in [4.69, 9.17) is 0 Å². The second-order valence-electron chi connectivity index (χ2n) is 4.15. The fraction of sp³-hybridized carbons (Fsp3) is 0.462. The topological polar surface area (TPSA) is 46.5 Å². The van der Waals surface area contributed by atoms with Crippen LogP contribution in [0.4, 0.5) is 8.78 Å². The highest BCUT2D eigenvalue weighted by Gasteiger charge is 2.25. The molecule has 0 aliphatic heterocycles. The average molecular weight is 258 g/mol. The van der Waals surface area contributed by atoms with Crippen molar-refractivity contribution in [3.8, 4) is 5.75 Å². The molecule has 0 aliphatic carbocycles. The minimum absolute atomic E-state index is 0.0237. The predicted molar refractivity (Wildman–Crippen MR) is 62.9 cm³/mol. The van der Waals surface area contributed by atoms with Crippen LogP contribution in [-0.2, 0) is 4.79 Å². The molecule has 0 fully saturated rings. The van der Waals surface area contributed by atoms with E-state index in [1.165, 1.54) is 24.3 Å². The van der Waals surface area contributed by atoms with Gasteiger partial charge in [0.25, 0.3) is 0 Å². The number of alkyl halides is 2. The standard InChI is InChI=1S/C13H16F2O3/c1-3-8(2)11(12(16)17)9-4-6-10(7-5-9)18-13(14)15/h4-8,11,13H,3H2,1-2H3,(H,16,17). The first-order valence-corrected chi connectivity index (χ1v) is 5.73. The molecule has 100 valence electrons. The van der Waals surface area contributed by atoms with Gasteiger partial charge < -0.3 is 9.84 Å². The lowest BCUT2D eigenvalue weighted by molar-refractivity contribution is -0.140. The van der Waals surface area contributed by atoms with Crippen molar-refractivity contribution >= 4 is 5.97 Å². The van der Waals surface area contributed by atoms with Crippen molar-refractivity contribution in [2.75, 3.05) is 0 Å². The second kappa shape index (κ2) is 6.33. The molecule has 0 aliphatic rings. The zero-order chi connectivity index (χ0) is 13.7. The summed E-state index contributed by atoms with van der Waals surface area (Å²) >= 11 is 0. The lowest BCUT2D eigenvalue weighted by Crippen LogP contribution is -2.19. The Morgan fingerprint density at radius 3 is 2.28 bits per heavy atom. The molecule has 0 heterocycles. The van der Waals surface area contributed by atoms with Gasteiger partial charge in [-0.25, -0.2) is 0 Å². The highest BCUT2D eigenvalue weighted by Crippen LogP contribution is 2.28. The van der Waals surface area contributed by atoms with Gasteiger partial charge in [0, 0.05) is 0 Å². The Balaban J connectivity index is 2.90. The molecule has 3 nitrogen and oxygen atoms in total. The molecular formula is C13H16F2O3. The van der Waals surface area contributed by atoms with Crippen LogP contribution in [0.1, 0.15) is 31.7 Å². The number of ether oxygens (including phenoxy) is 1. The van der Waals surface area contributed by atoms with Crippen LogP contribution in [-0.4, -0.2) is 17.7 Å². The number of hydrogen-bond donors (Lipinski definition) is 1. The van der Waals surface area contributed by atoms with Crippen molar-refractivity contribution in [2.24, 2.45) is 5.92 Å². The first-order chi connectivity index (χ1) is 8.45. The maximum Gasteiger partial charge on any atom is 0.387 e. The van der Waals surface area contributed by atoms with Gasteiger partial charge in [-0.1, -0.05) is 32.4 Å². The Bertz CT molecular complexity index is 390. The molecule has 5 heteroatoms. The first kappa shape index (κ1) is 14.4. The maximum absolute atomic E-state index is 12.0. The summed E-state index contributed by atoms with van der Waals surface area (Å²) in [5.74, 6) is -1.53. The van der Waals surface area contributed by atoms with Crippen LogP contribution in [0.25, 0.3) is 0 Å². The molecule has 0 amide bonds. The molecule has 1 aromatic carbocycles. The van der Waals surface area contributed by atoms with E-state index in [-0.39, 0.29) is 11.7 Å². The molecule has 0 radical (unpaired) electrons. The number of hydrogen-bond acceptors (Lipinski definition) is 2. The van der Waals surface area contributed by atoms with E-state index < -0.39 is 18.5 Å². The van der Waals surface area contributed by atoms with E-state index in [0.717, 1.165) is 6.42 Å². The van der Waals surface area contributed by atoms with Crippen LogP contribution in [0.15, 0.2) is 24.3 Å². The van der Waals surface area contributed by atoms with Gasteiger partial charge in [0.2, 0.25) is 0 Å². The van der Waals surface area contributed by atoms with Crippen molar-refractivity contribution in [2.45, 2.75) is 32.8 Å². The van der Waals surface area contributed by atoms with Gasteiger partial charge >= 0.3 is 12.6 Å². The Kier molecular flexibility index (Phi) is 5.07. The SMILES string of the molecule is CCC(C)C(C(=O)O)c1ccc(OC(F)F)cc1. The lowest BCUT2D eigenvalue weighted by atomic mass is 9.86. The molecule has 0 aromatic heterocycles. The van der Waals surface area contributed by atoms with Gasteiger partial charge in [0.05, 0.1) is 5.92 Å². The third-order valence-corrected chi connectivity index (χ3v) is 2.94. The van der Waals surface area contributed by atoms with Crippen LogP contribution < -0.4 is 4.74 Å². The van der Waals surface area contributed by atoms with E-state index in [1.807, 2.05) is 13.8 Å². The van der Waals surface area contributed by atoms with E-state index in [9.17, 15) is 18.7 Å². The summed E-state index contributed by atoms with van der Waals surface area (Å²) < 4.78 is 28.2. The zero-order valence-electron chi connectivity index (χ0n) is 10.3. The van der Waals surface area contributed by atoms with Gasteiger partial charge in [-0.05, 0) is 23.6 Å². The third kappa shape index (κ3) is 3.68. The quantitative estimate of drug-likeness (QED) is 0.849. The molecule has 1 N–H and O–H groups in total. The number of halogens is 2. The Morgan fingerprint density at radius 1 is 1.33 bits per heavy atom. The van der Waals surface area contributed by atoms with Gasteiger partial charge in [0.15, 0.2) is 0 Å². The van der Waals surface area contributed by atoms with Crippen LogP contribution in [0, 0.1) is 5.92 Å². The monoisotopic (exact) mass is 258 g/mol. The van der Waals surface area contributed by atoms with Crippen LogP contribution in [0.3, 0.4) is 0 Å². The fourth-order valence-corrected chi connectivity index (χ4v) is 1.81. The highest BCUT2D eigenvalue weighted by molar-refractivity contribution is 5.76. The molecule has 0 bridgehead atoms. The van der Waals surface area contributed by atoms with Gasteiger partial charge in [-0.15, -0.1) is 0 Å². The Morgan fingerprint density at radius 2 is 1.89 bits per heavy atom. The van der Waals surface area contributed by atoms with E-state index in [0.29, 0.717) is 5.56 Å². The molecule has 2 atom stereocenters. The van der Waals surface area contributed by atoms with Gasteiger partial charge in [0.1, 0.15) is 5.75 Å². The molecule has 0 saturated heterocycles. The van der Waals surface area contributed by atoms with Crippen molar-refractivity contribution in [1.82, 2.24) is 0 Å². The van der Waals surface area contributed by atoms with E-state index in [2.05, 4.69) is 4.74 Å². The van der Waals surface area contributed by atoms with Gasteiger partial charge in [-0.2, -0.15) is 8.78 Å². The molecule has 0 saturated carbocycles. The molecule has 2 unspecified atom stereocenters. The molecular weight excluding hydrogens is 242 g/mol. The molecule has 1 aromatic rings. The summed E-state index contributed by atoms with van der Waals surface area (Å²) in [6.45, 7) is 0.887. The maximum atomic E-state index is 12.0. The van der Waals surface area contributed by atoms with E-state index in [1.54, 1.807) is 0 Å². The number of carboxylic acid groups (broad SMARTS) is 1. The Labute approximate surface area is 104 Å². The number of rotatable bonds is 6. The first-order valence-electron chi connectivity index (χ1n) is 5.73. The van der Waals surface area contributed by atoms with Crippen LogP contribution in [0.2, 0.25) is 0 Å². The average Bonchev–Trinajstić information content (AvgIpc) is 2.30. The summed E-state index contributed by atoms with van der Waals surface area (Å²) in [7, 11) is 0. The molecule has 1 rings (SSSR count). The van der Waals surface area contributed by atoms with Crippen LogP contribution >= 0.6 is 0 Å². The van der Waals surface area contributed by atoms with Crippen molar-refractivity contribution in [3.05, 3.63) is 29.8 Å². The summed E-state index contributed by atoms with van der Waals surface area (Å²) in [6, 6.07) is 5.75. The van der Waals surface area contributed by atoms with Crippen molar-refractivity contribution in [1.29, 1.82) is 0 Å². The molecule has 0 spiro atoms. The Hall–Kier alpha value is -1.65. The largest absolute Gasteiger partial charge is 0.481 e. The number of carbonyl (C=O) groups is 1. The summed E-state index contributed by atoms with van der Waals surface area (Å²) in [4.78, 5) is 11.2. The minimum Gasteiger partial charge on any atom is -0.481 e. The summed E-state index contributed by atoms with van der Waals surface area (Å²) in [6.07, 6.45) is 0.728. The van der Waals surface area contributed by atoms with Crippen molar-refractivity contribution in [3.63, 3.8) is 0 Å². The summed E-state index contributed by atoms with van der Waals surface area (Å²) in [5, 5.41) is 9.19. The van der Waals surface area contributed by atoms with E-state index >= 15 is 0 Å². The smallest absolute Gasteiger partial charge is 0.387 e. The normalized spacial score (nSPS) is 14.3. The fourth-order valence-electron chi connectivity index (χ4n) is 1.81. The molecule has 18 heavy (non-hydrogen) atoms. The van der Waals surface area contributed by atoms with Crippen molar-refractivity contribution < 1.29 is 23.4 Å². The lowest BCUT2D eigenvalue weighted by Gasteiger charge is -2.19. The second-order valence-corrected chi connectivity index (χ2v) is 4.15.